The Kier molecular flexibility index (Phi) is 4.25. The largest absolute Gasteiger partial charge is 0.337 e. The Bertz CT molecular complexity index is 1020. The Labute approximate surface area is 158 Å². The molecule has 0 radical (unpaired) electrons. The number of carbonyl (C=O) groups is 1. The molecule has 1 aromatic heterocycles. The summed E-state index contributed by atoms with van der Waals surface area (Å²) < 4.78 is 0. The van der Waals surface area contributed by atoms with Crippen LogP contribution in [0.5, 0.6) is 0 Å². The monoisotopic (exact) mass is 356 g/mol. The van der Waals surface area contributed by atoms with E-state index >= 15 is 0 Å². The highest BCUT2D eigenvalue weighted by Crippen LogP contribution is 2.30. The van der Waals surface area contributed by atoms with Crippen LogP contribution in [0.4, 0.5) is 0 Å². The Morgan fingerprint density at radius 1 is 1.19 bits per heavy atom. The normalized spacial score (nSPS) is 13.9. The molecule has 1 amide bonds. The maximum Gasteiger partial charge on any atom is 0.253 e. The van der Waals surface area contributed by atoms with E-state index in [0.717, 1.165) is 22.5 Å². The number of hydrogen-bond acceptors (Lipinski definition) is 3. The lowest BCUT2D eigenvalue weighted by Gasteiger charge is -2.39. The van der Waals surface area contributed by atoms with Crippen molar-refractivity contribution in [2.45, 2.75) is 19.8 Å². The van der Waals surface area contributed by atoms with Crippen LogP contribution in [0, 0.1) is 25.2 Å². The van der Waals surface area contributed by atoms with Crippen molar-refractivity contribution in [1.29, 1.82) is 5.26 Å². The molecule has 0 atom stereocenters. The van der Waals surface area contributed by atoms with Crippen molar-refractivity contribution < 1.29 is 4.79 Å². The lowest BCUT2D eigenvalue weighted by atomic mass is 9.90. The molecule has 1 N–H and O–H groups in total. The average molecular weight is 356 g/mol. The summed E-state index contributed by atoms with van der Waals surface area (Å²) >= 11 is 0. The predicted molar refractivity (Wildman–Crippen MR) is 103 cm³/mol. The fourth-order valence-electron chi connectivity index (χ4n) is 3.65. The van der Waals surface area contributed by atoms with Gasteiger partial charge in [0.15, 0.2) is 0 Å². The lowest BCUT2D eigenvalue weighted by Crippen LogP contribution is -2.48. The van der Waals surface area contributed by atoms with E-state index in [1.54, 1.807) is 0 Å². The topological polar surface area (TPSA) is 72.8 Å². The zero-order chi connectivity index (χ0) is 19.0. The first-order chi connectivity index (χ1) is 13.1. The molecule has 2 heterocycles. The number of carbonyl (C=O) groups excluding carboxylic acids is 1. The molecule has 5 heteroatoms. The van der Waals surface area contributed by atoms with Crippen LogP contribution in [0.25, 0.3) is 11.1 Å². The number of nitrogens with zero attached hydrogens (tertiary/aromatic N) is 3. The summed E-state index contributed by atoms with van der Waals surface area (Å²) in [6.45, 7) is 5.36. The summed E-state index contributed by atoms with van der Waals surface area (Å²) in [5.41, 5.74) is 6.54. The number of aryl methyl sites for hydroxylation is 2. The molecule has 1 saturated heterocycles. The molecule has 5 nitrogen and oxygen atoms in total. The Morgan fingerprint density at radius 3 is 2.56 bits per heavy atom. The van der Waals surface area contributed by atoms with Crippen LogP contribution in [0.1, 0.15) is 38.8 Å². The molecular weight excluding hydrogens is 336 g/mol. The zero-order valence-electron chi connectivity index (χ0n) is 15.4. The van der Waals surface area contributed by atoms with Crippen LogP contribution < -0.4 is 0 Å². The zero-order valence-corrected chi connectivity index (χ0v) is 15.4. The number of amides is 1. The summed E-state index contributed by atoms with van der Waals surface area (Å²) in [5.74, 6) is 0.392. The Balaban J connectivity index is 1.48. The van der Waals surface area contributed by atoms with Crippen molar-refractivity contribution in [2.24, 2.45) is 0 Å². The van der Waals surface area contributed by atoms with Gasteiger partial charge in [-0.1, -0.05) is 24.3 Å². The van der Waals surface area contributed by atoms with Gasteiger partial charge in [0.1, 0.15) is 0 Å². The van der Waals surface area contributed by atoms with Crippen LogP contribution in [-0.4, -0.2) is 34.1 Å². The molecule has 4 rings (SSSR count). The second-order valence-corrected chi connectivity index (χ2v) is 7.03. The van der Waals surface area contributed by atoms with Gasteiger partial charge < -0.3 is 4.90 Å². The second-order valence-electron chi connectivity index (χ2n) is 7.03. The quantitative estimate of drug-likeness (QED) is 0.776. The van der Waals surface area contributed by atoms with Gasteiger partial charge in [-0.05, 0) is 49.2 Å². The van der Waals surface area contributed by atoms with Crippen molar-refractivity contribution in [3.8, 4) is 17.2 Å². The smallest absolute Gasteiger partial charge is 0.253 e. The van der Waals surface area contributed by atoms with E-state index in [1.165, 1.54) is 5.56 Å². The van der Waals surface area contributed by atoms with Crippen LogP contribution in [0.3, 0.4) is 0 Å². The average Bonchev–Trinajstić information content (AvgIpc) is 2.99. The number of aromatic nitrogens is 2. The molecule has 0 aliphatic carbocycles. The molecule has 27 heavy (non-hydrogen) atoms. The highest BCUT2D eigenvalue weighted by molar-refractivity contribution is 5.96. The molecule has 1 fully saturated rings. The molecule has 0 saturated carbocycles. The minimum atomic E-state index is 0.0561. The van der Waals surface area contributed by atoms with Gasteiger partial charge in [0, 0.05) is 35.8 Å². The summed E-state index contributed by atoms with van der Waals surface area (Å²) in [5, 5.41) is 16.1. The first-order valence-electron chi connectivity index (χ1n) is 8.98. The highest BCUT2D eigenvalue weighted by atomic mass is 16.2. The van der Waals surface area contributed by atoms with E-state index in [9.17, 15) is 4.79 Å². The molecule has 3 aromatic rings. The lowest BCUT2D eigenvalue weighted by molar-refractivity contribution is 0.0602. The number of H-pyrrole nitrogens is 1. The van der Waals surface area contributed by atoms with Crippen LogP contribution in [-0.2, 0) is 0 Å². The SMILES string of the molecule is Cc1n[nH]c(C)c1-c1cccc(C(=O)N2CC(c3ccc(C#N)cc3)C2)c1. The standard InChI is InChI=1S/C22H20N4O/c1-14-21(15(2)25-24-14)18-4-3-5-19(10-18)22(27)26-12-20(13-26)17-8-6-16(11-23)7-9-17/h3-10,20H,12-13H2,1-2H3,(H,24,25). The maximum atomic E-state index is 12.9. The minimum absolute atomic E-state index is 0.0561. The summed E-state index contributed by atoms with van der Waals surface area (Å²) in [6, 6.07) is 17.5. The fourth-order valence-corrected chi connectivity index (χ4v) is 3.65. The van der Waals surface area contributed by atoms with Crippen LogP contribution in [0.2, 0.25) is 0 Å². The van der Waals surface area contributed by atoms with Gasteiger partial charge in [0.2, 0.25) is 0 Å². The maximum absolute atomic E-state index is 12.9. The van der Waals surface area contributed by atoms with E-state index in [4.69, 9.17) is 5.26 Å². The van der Waals surface area contributed by atoms with Gasteiger partial charge in [-0.25, -0.2) is 0 Å². The number of aromatic amines is 1. The molecule has 0 unspecified atom stereocenters. The molecule has 2 aromatic carbocycles. The van der Waals surface area contributed by atoms with Crippen molar-refractivity contribution in [2.75, 3.05) is 13.1 Å². The molecular formula is C22H20N4O. The van der Waals surface area contributed by atoms with Crippen molar-refractivity contribution >= 4 is 5.91 Å². The van der Waals surface area contributed by atoms with E-state index in [0.29, 0.717) is 30.1 Å². The van der Waals surface area contributed by atoms with Gasteiger partial charge >= 0.3 is 0 Å². The van der Waals surface area contributed by atoms with Crippen molar-refractivity contribution in [1.82, 2.24) is 15.1 Å². The highest BCUT2D eigenvalue weighted by Gasteiger charge is 2.32. The van der Waals surface area contributed by atoms with Crippen molar-refractivity contribution in [3.05, 3.63) is 76.6 Å². The van der Waals surface area contributed by atoms with Crippen LogP contribution >= 0.6 is 0 Å². The minimum Gasteiger partial charge on any atom is -0.337 e. The van der Waals surface area contributed by atoms with Gasteiger partial charge in [-0.15, -0.1) is 0 Å². The van der Waals surface area contributed by atoms with Gasteiger partial charge in [0.25, 0.3) is 5.91 Å². The van der Waals surface area contributed by atoms with Crippen LogP contribution in [0.15, 0.2) is 48.5 Å². The predicted octanol–water partition coefficient (Wildman–Crippen LogP) is 3.80. The number of nitriles is 1. The third kappa shape index (κ3) is 3.11. The van der Waals surface area contributed by atoms with E-state index < -0.39 is 0 Å². The van der Waals surface area contributed by atoms with E-state index in [2.05, 4.69) is 16.3 Å². The molecule has 0 bridgehead atoms. The van der Waals surface area contributed by atoms with E-state index in [-0.39, 0.29) is 5.91 Å². The summed E-state index contributed by atoms with van der Waals surface area (Å²) in [4.78, 5) is 14.7. The third-order valence-electron chi connectivity index (χ3n) is 5.21. The third-order valence-corrected chi connectivity index (χ3v) is 5.21. The fraction of sp³-hybridized carbons (Fsp3) is 0.227. The number of nitrogens with one attached hydrogen (secondary N) is 1. The number of hydrogen-bond donors (Lipinski definition) is 1. The summed E-state index contributed by atoms with van der Waals surface area (Å²) in [7, 11) is 0. The summed E-state index contributed by atoms with van der Waals surface area (Å²) in [6.07, 6.45) is 0. The van der Waals surface area contributed by atoms with Gasteiger partial charge in [-0.3, -0.25) is 9.89 Å². The Hall–Kier alpha value is -3.39. The molecule has 134 valence electrons. The molecule has 0 spiro atoms. The number of likely N-dealkylation sites (tertiary alicyclic amines) is 1. The first kappa shape index (κ1) is 17.0. The molecule has 1 aliphatic rings. The van der Waals surface area contributed by atoms with Gasteiger partial charge in [0.05, 0.1) is 17.3 Å². The number of rotatable bonds is 3. The number of benzene rings is 2. The molecule has 1 aliphatic heterocycles. The second kappa shape index (κ2) is 6.73. The van der Waals surface area contributed by atoms with Crippen molar-refractivity contribution in [3.63, 3.8) is 0 Å². The van der Waals surface area contributed by atoms with E-state index in [1.807, 2.05) is 67.3 Å². The Morgan fingerprint density at radius 2 is 1.93 bits per heavy atom. The van der Waals surface area contributed by atoms with Gasteiger partial charge in [-0.2, -0.15) is 10.4 Å². The first-order valence-corrected chi connectivity index (χ1v) is 8.98.